The number of ether oxygens (including phenoxy) is 1. The minimum Gasteiger partial charge on any atom is -0.508 e. The van der Waals surface area contributed by atoms with Crippen molar-refractivity contribution in [3.63, 3.8) is 0 Å². The summed E-state index contributed by atoms with van der Waals surface area (Å²) in [6.07, 6.45) is 1.31. The van der Waals surface area contributed by atoms with Crippen LogP contribution >= 0.6 is 11.8 Å². The number of aromatic hydroxyl groups is 2. The van der Waals surface area contributed by atoms with E-state index >= 15 is 0 Å². The Bertz CT molecular complexity index is 1090. The van der Waals surface area contributed by atoms with E-state index in [1.165, 1.54) is 12.1 Å². The molecule has 0 aliphatic carbocycles. The highest BCUT2D eigenvalue weighted by atomic mass is 32.2. The third-order valence-corrected chi connectivity index (χ3v) is 6.51. The molecule has 0 unspecified atom stereocenters. The van der Waals surface area contributed by atoms with Crippen molar-refractivity contribution in [1.82, 2.24) is 0 Å². The highest BCUT2D eigenvalue weighted by Gasteiger charge is 2.28. The van der Waals surface area contributed by atoms with E-state index in [9.17, 15) is 19.8 Å². The van der Waals surface area contributed by atoms with Gasteiger partial charge in [0.05, 0.1) is 12.4 Å². The third kappa shape index (κ3) is 6.86. The fraction of sp³-hybridized carbons (Fsp3) is 0.259. The monoisotopic (exact) mass is 464 g/mol. The van der Waals surface area contributed by atoms with E-state index in [1.807, 2.05) is 68.4 Å². The first kappa shape index (κ1) is 24.4. The normalized spacial score (nSPS) is 11.2. The molecule has 0 radical (unpaired) electrons. The van der Waals surface area contributed by atoms with Crippen LogP contribution in [0.25, 0.3) is 11.1 Å². The zero-order valence-corrected chi connectivity index (χ0v) is 19.6. The molecule has 0 aliphatic rings. The molecule has 0 saturated carbocycles. The second-order valence-electron chi connectivity index (χ2n) is 8.44. The highest BCUT2D eigenvalue weighted by molar-refractivity contribution is 8.14. The van der Waals surface area contributed by atoms with Crippen molar-refractivity contribution in [3.8, 4) is 28.4 Å². The maximum atomic E-state index is 12.7. The predicted octanol–water partition coefficient (Wildman–Crippen LogP) is 6.09. The van der Waals surface area contributed by atoms with Crippen LogP contribution in [-0.2, 0) is 4.79 Å². The Morgan fingerprint density at radius 3 is 2.24 bits per heavy atom. The molecule has 0 aliphatic heterocycles. The number of hydrogen-bond donors (Lipinski definition) is 2. The van der Waals surface area contributed by atoms with Gasteiger partial charge in [0.1, 0.15) is 17.2 Å². The van der Waals surface area contributed by atoms with E-state index in [2.05, 4.69) is 0 Å². The lowest BCUT2D eigenvalue weighted by molar-refractivity contribution is -0.118. The topological polar surface area (TPSA) is 83.8 Å². The molecule has 172 valence electrons. The van der Waals surface area contributed by atoms with Crippen molar-refractivity contribution in [2.24, 2.45) is 5.41 Å². The molecule has 3 aromatic carbocycles. The fourth-order valence-corrected chi connectivity index (χ4v) is 4.33. The predicted molar refractivity (Wildman–Crippen MR) is 132 cm³/mol. The van der Waals surface area contributed by atoms with Crippen LogP contribution in [0.1, 0.15) is 37.0 Å². The second kappa shape index (κ2) is 11.1. The quantitative estimate of drug-likeness (QED) is 0.279. The number of thioether (sulfide) groups is 1. The molecular weight excluding hydrogens is 436 g/mol. The summed E-state index contributed by atoms with van der Waals surface area (Å²) < 4.78 is 6.03. The molecule has 2 N–H and O–H groups in total. The molecule has 0 spiro atoms. The first-order valence-electron chi connectivity index (χ1n) is 10.8. The number of carbonyl (C=O) groups excluding carboxylic acids is 2. The molecule has 0 saturated heterocycles. The van der Waals surface area contributed by atoms with Crippen LogP contribution in [0.4, 0.5) is 0 Å². The number of hydrogen-bond acceptors (Lipinski definition) is 6. The van der Waals surface area contributed by atoms with Gasteiger partial charge in [0.15, 0.2) is 10.9 Å². The molecule has 0 heterocycles. The van der Waals surface area contributed by atoms with Gasteiger partial charge in [-0.3, -0.25) is 9.59 Å². The third-order valence-electron chi connectivity index (χ3n) is 5.29. The van der Waals surface area contributed by atoms with Crippen LogP contribution in [-0.4, -0.2) is 33.5 Å². The summed E-state index contributed by atoms with van der Waals surface area (Å²) in [6.45, 7) is 4.21. The van der Waals surface area contributed by atoms with Crippen LogP contribution in [0.2, 0.25) is 0 Å². The fourth-order valence-electron chi connectivity index (χ4n) is 3.41. The SMILES string of the molecule is CC(C)(CCCOc1ccccc1-c1ccccc1)C(=O)SCC(=O)c1cc(O)cc(O)c1. The smallest absolute Gasteiger partial charge is 0.194 e. The molecule has 0 bridgehead atoms. The van der Waals surface area contributed by atoms with Gasteiger partial charge in [0.2, 0.25) is 0 Å². The first-order valence-corrected chi connectivity index (χ1v) is 11.8. The van der Waals surface area contributed by atoms with Gasteiger partial charge in [-0.15, -0.1) is 0 Å². The first-order chi connectivity index (χ1) is 15.8. The minimum absolute atomic E-state index is 0.0495. The zero-order valence-electron chi connectivity index (χ0n) is 18.8. The molecule has 5 nitrogen and oxygen atoms in total. The molecular formula is C27H28O5S. The van der Waals surface area contributed by atoms with Gasteiger partial charge in [-0.05, 0) is 36.6 Å². The largest absolute Gasteiger partial charge is 0.508 e. The van der Waals surface area contributed by atoms with Gasteiger partial charge in [0, 0.05) is 22.6 Å². The summed E-state index contributed by atoms with van der Waals surface area (Å²) in [5.41, 5.74) is 1.68. The van der Waals surface area contributed by atoms with E-state index < -0.39 is 5.41 Å². The standard InChI is InChI=1S/C27H28O5S/c1-27(2,26(31)33-18-24(30)20-15-21(28)17-22(29)16-20)13-8-14-32-25-12-7-6-11-23(25)19-9-4-3-5-10-19/h3-7,9-12,15-17,28-29H,8,13-14,18H2,1-2H3. The Hall–Kier alpha value is -3.25. The number of phenolic OH excluding ortho intramolecular Hbond substituents is 2. The molecule has 33 heavy (non-hydrogen) atoms. The number of Topliss-reactive ketones (excluding diaryl/α,β-unsaturated/α-hetero) is 1. The van der Waals surface area contributed by atoms with Gasteiger partial charge in [-0.25, -0.2) is 0 Å². The van der Waals surface area contributed by atoms with E-state index in [1.54, 1.807) is 0 Å². The average Bonchev–Trinajstić information content (AvgIpc) is 2.80. The number of rotatable bonds is 10. The van der Waals surface area contributed by atoms with E-state index in [-0.39, 0.29) is 33.7 Å². The Morgan fingerprint density at radius 2 is 1.55 bits per heavy atom. The van der Waals surface area contributed by atoms with Gasteiger partial charge in [0.25, 0.3) is 0 Å². The van der Waals surface area contributed by atoms with Crippen LogP contribution in [0.3, 0.4) is 0 Å². The minimum atomic E-state index is -0.617. The lowest BCUT2D eigenvalue weighted by atomic mass is 9.89. The maximum Gasteiger partial charge on any atom is 0.194 e. The number of ketones is 1. The highest BCUT2D eigenvalue weighted by Crippen LogP contribution is 2.32. The molecule has 3 aromatic rings. The van der Waals surface area contributed by atoms with Crippen molar-refractivity contribution < 1.29 is 24.5 Å². The van der Waals surface area contributed by atoms with Crippen molar-refractivity contribution in [2.75, 3.05) is 12.4 Å². The van der Waals surface area contributed by atoms with Crippen LogP contribution < -0.4 is 4.74 Å². The summed E-state index contributed by atoms with van der Waals surface area (Å²) in [6, 6.07) is 21.6. The van der Waals surface area contributed by atoms with Crippen molar-refractivity contribution in [2.45, 2.75) is 26.7 Å². The van der Waals surface area contributed by atoms with Crippen molar-refractivity contribution >= 4 is 22.7 Å². The molecule has 0 amide bonds. The van der Waals surface area contributed by atoms with E-state index in [4.69, 9.17) is 4.74 Å². The van der Waals surface area contributed by atoms with Crippen LogP contribution in [0, 0.1) is 5.41 Å². The van der Waals surface area contributed by atoms with E-state index in [0.717, 1.165) is 34.7 Å². The van der Waals surface area contributed by atoms with Gasteiger partial charge in [-0.2, -0.15) is 0 Å². The van der Waals surface area contributed by atoms with Crippen molar-refractivity contribution in [1.29, 1.82) is 0 Å². The summed E-state index contributed by atoms with van der Waals surface area (Å²) >= 11 is 0.960. The van der Waals surface area contributed by atoms with Gasteiger partial charge < -0.3 is 14.9 Å². The number of phenols is 2. The molecule has 0 aromatic heterocycles. The lowest BCUT2D eigenvalue weighted by Crippen LogP contribution is -2.23. The average molecular weight is 465 g/mol. The molecule has 3 rings (SSSR count). The Labute approximate surface area is 198 Å². The molecule has 0 fully saturated rings. The van der Waals surface area contributed by atoms with E-state index in [0.29, 0.717) is 19.4 Å². The molecule has 6 heteroatoms. The summed E-state index contributed by atoms with van der Waals surface area (Å²) in [5.74, 6) is 0.0533. The number of carbonyl (C=O) groups is 2. The number of para-hydroxylation sites is 1. The summed E-state index contributed by atoms with van der Waals surface area (Å²) in [7, 11) is 0. The van der Waals surface area contributed by atoms with Crippen molar-refractivity contribution in [3.05, 3.63) is 78.4 Å². The maximum absolute atomic E-state index is 12.7. The Kier molecular flexibility index (Phi) is 8.17. The zero-order chi connectivity index (χ0) is 23.8. The van der Waals surface area contributed by atoms with Crippen LogP contribution in [0.5, 0.6) is 17.2 Å². The second-order valence-corrected chi connectivity index (χ2v) is 9.38. The van der Waals surface area contributed by atoms with Crippen LogP contribution in [0.15, 0.2) is 72.8 Å². The van der Waals surface area contributed by atoms with Gasteiger partial charge >= 0.3 is 0 Å². The Morgan fingerprint density at radius 1 is 0.909 bits per heavy atom. The Balaban J connectivity index is 1.49. The van der Waals surface area contributed by atoms with Gasteiger partial charge in [-0.1, -0.05) is 74.1 Å². The molecule has 0 atom stereocenters. The summed E-state index contributed by atoms with van der Waals surface area (Å²) in [5, 5.41) is 19.0. The summed E-state index contributed by atoms with van der Waals surface area (Å²) in [4.78, 5) is 25.0. The lowest BCUT2D eigenvalue weighted by Gasteiger charge is -2.22. The number of benzene rings is 3.